The molecule has 0 aromatic rings. The minimum atomic E-state index is -4.63. The van der Waals surface area contributed by atoms with E-state index in [9.17, 15) is 21.7 Å². The first-order valence-electron chi connectivity index (χ1n) is 8.60. The standard InChI is InChI=1S/C10H24O7P2.2C3H5O.O.Zr/c1-9(2,3)7-15-18(11,12)17-19(13,14)16-8-10(4,5)6;2*1-2-3-4;;/h7-8H2,1-6H3,(H,11,12)(H,13,14);2*2H,1,3H2;;/q;2*-1;;+2. The van der Waals surface area contributed by atoms with Crippen molar-refractivity contribution in [2.45, 2.75) is 41.5 Å². The van der Waals surface area contributed by atoms with Crippen molar-refractivity contribution in [2.24, 2.45) is 10.8 Å². The van der Waals surface area contributed by atoms with Gasteiger partial charge in [-0.3, -0.25) is 9.05 Å². The Kier molecular flexibility index (Phi) is 15.7. The molecule has 0 spiro atoms. The second-order valence-corrected chi connectivity index (χ2v) is 13.8. The first-order chi connectivity index (χ1) is 12.9. The fourth-order valence-electron chi connectivity index (χ4n) is 1.02. The topological polar surface area (TPSA) is 138 Å². The van der Waals surface area contributed by atoms with E-state index in [1.807, 2.05) is 0 Å². The minimum Gasteiger partial charge on any atom is -0.302 e. The third kappa shape index (κ3) is 24.5. The SMILES string of the molecule is C=CC[O][Zr](=[O])[O]CC=C.CC(C)(C)COP(=O)(O)OP(=O)(O)OCC(C)(C)C. The summed E-state index contributed by atoms with van der Waals surface area (Å²) in [6, 6.07) is 0. The van der Waals surface area contributed by atoms with Crippen molar-refractivity contribution in [3.05, 3.63) is 25.3 Å². The molecule has 29 heavy (non-hydrogen) atoms. The first kappa shape index (κ1) is 31.5. The molecule has 172 valence electrons. The molecule has 2 atom stereocenters. The smallest absolute Gasteiger partial charge is 0.302 e. The maximum absolute atomic E-state index is 11.5. The third-order valence-electron chi connectivity index (χ3n) is 2.17. The van der Waals surface area contributed by atoms with Crippen molar-refractivity contribution in [1.82, 2.24) is 0 Å². The molecule has 0 rings (SSSR count). The van der Waals surface area contributed by atoms with Crippen molar-refractivity contribution in [2.75, 3.05) is 26.4 Å². The fourth-order valence-corrected chi connectivity index (χ4v) is 5.00. The molecule has 0 amide bonds. The van der Waals surface area contributed by atoms with Gasteiger partial charge in [-0.15, -0.1) is 0 Å². The molecule has 0 aliphatic carbocycles. The third-order valence-corrected chi connectivity index (χ3v) is 6.71. The molecule has 0 saturated carbocycles. The molecular weight excluding hydrogens is 505 g/mol. The largest absolute Gasteiger partial charge is 0.481 e. The van der Waals surface area contributed by atoms with E-state index in [-0.39, 0.29) is 24.0 Å². The Morgan fingerprint density at radius 1 is 0.828 bits per heavy atom. The zero-order valence-electron chi connectivity index (χ0n) is 18.0. The van der Waals surface area contributed by atoms with Crippen LogP contribution in [0.5, 0.6) is 0 Å². The zero-order valence-corrected chi connectivity index (χ0v) is 22.2. The van der Waals surface area contributed by atoms with Crippen LogP contribution in [-0.2, 0) is 53.6 Å². The summed E-state index contributed by atoms with van der Waals surface area (Å²) in [6.07, 6.45) is 3.07. The molecule has 10 nitrogen and oxygen atoms in total. The van der Waals surface area contributed by atoms with Crippen LogP contribution in [0.4, 0.5) is 0 Å². The number of phosphoric ester groups is 2. The predicted octanol–water partition coefficient (Wildman–Crippen LogP) is 4.51. The number of hydrogen-bond donors (Lipinski definition) is 2. The fraction of sp³-hybridized carbons (Fsp3) is 0.750. The van der Waals surface area contributed by atoms with Gasteiger partial charge < -0.3 is 9.79 Å². The van der Waals surface area contributed by atoms with Crippen molar-refractivity contribution in [1.29, 1.82) is 0 Å². The van der Waals surface area contributed by atoms with E-state index >= 15 is 0 Å². The molecule has 0 aromatic heterocycles. The molecule has 0 radical (unpaired) electrons. The van der Waals surface area contributed by atoms with Crippen LogP contribution < -0.4 is 0 Å². The van der Waals surface area contributed by atoms with E-state index in [2.05, 4.69) is 26.5 Å². The van der Waals surface area contributed by atoms with E-state index in [4.69, 9.17) is 5.63 Å². The van der Waals surface area contributed by atoms with Gasteiger partial charge in [0.05, 0.1) is 13.2 Å². The van der Waals surface area contributed by atoms with Gasteiger partial charge in [0.25, 0.3) is 0 Å². The van der Waals surface area contributed by atoms with Crippen LogP contribution in [0.3, 0.4) is 0 Å². The summed E-state index contributed by atoms with van der Waals surface area (Å²) >= 11 is -3.13. The first-order valence-corrected chi connectivity index (χ1v) is 14.6. The van der Waals surface area contributed by atoms with Crippen molar-refractivity contribution >= 4 is 15.6 Å². The molecule has 0 aliphatic heterocycles. The normalized spacial score (nSPS) is 16.0. The Morgan fingerprint density at radius 2 is 1.14 bits per heavy atom. The summed E-state index contributed by atoms with van der Waals surface area (Å²) in [5.41, 5.74) is -0.763. The Morgan fingerprint density at radius 3 is 1.38 bits per heavy atom. The van der Waals surface area contributed by atoms with Crippen molar-refractivity contribution in [3.63, 3.8) is 0 Å². The Hall–Kier alpha value is 0.343. The number of phosphoric acid groups is 2. The Bertz CT molecular complexity index is 560. The van der Waals surface area contributed by atoms with E-state index < -0.39 is 38.3 Å². The molecule has 0 bridgehead atoms. The van der Waals surface area contributed by atoms with Gasteiger partial charge >= 0.3 is 85.2 Å². The van der Waals surface area contributed by atoms with Crippen molar-refractivity contribution < 1.29 is 63.4 Å². The summed E-state index contributed by atoms with van der Waals surface area (Å²) < 4.78 is 56.7. The molecule has 2 N–H and O–H groups in total. The maximum Gasteiger partial charge on any atom is 0.481 e. The van der Waals surface area contributed by atoms with Gasteiger partial charge in [-0.25, -0.2) is 9.13 Å². The zero-order chi connectivity index (χ0) is 23.4. The molecule has 0 aliphatic rings. The second-order valence-electron chi connectivity index (χ2n) is 8.14. The Labute approximate surface area is 182 Å². The molecule has 2 unspecified atom stereocenters. The second kappa shape index (κ2) is 14.4. The summed E-state index contributed by atoms with van der Waals surface area (Å²) in [5, 5.41) is 0. The van der Waals surface area contributed by atoms with E-state index in [1.54, 1.807) is 41.5 Å². The van der Waals surface area contributed by atoms with Gasteiger partial charge in [0.2, 0.25) is 0 Å². The van der Waals surface area contributed by atoms with Crippen LogP contribution in [-0.4, -0.2) is 36.2 Å². The van der Waals surface area contributed by atoms with Crippen molar-refractivity contribution in [3.8, 4) is 0 Å². The van der Waals surface area contributed by atoms with Crippen LogP contribution in [0.1, 0.15) is 41.5 Å². The monoisotopic (exact) mass is 538 g/mol. The molecule has 0 heterocycles. The average Bonchev–Trinajstić information content (AvgIpc) is 2.53. The molecular formula is C16H34O10P2Zr. The predicted molar refractivity (Wildman–Crippen MR) is 105 cm³/mol. The van der Waals surface area contributed by atoms with Crippen LogP contribution in [0.15, 0.2) is 25.3 Å². The van der Waals surface area contributed by atoms with Gasteiger partial charge in [-0.05, 0) is 10.8 Å². The van der Waals surface area contributed by atoms with Crippen LogP contribution in [0, 0.1) is 10.8 Å². The molecule has 0 fully saturated rings. The van der Waals surface area contributed by atoms with Crippen LogP contribution >= 0.6 is 15.6 Å². The molecule has 0 saturated heterocycles. The summed E-state index contributed by atoms with van der Waals surface area (Å²) in [7, 11) is -9.26. The summed E-state index contributed by atoms with van der Waals surface area (Å²) in [4.78, 5) is 18.7. The van der Waals surface area contributed by atoms with E-state index in [1.165, 1.54) is 12.2 Å². The van der Waals surface area contributed by atoms with Crippen LogP contribution in [0.25, 0.3) is 0 Å². The van der Waals surface area contributed by atoms with Crippen LogP contribution in [0.2, 0.25) is 0 Å². The number of hydrogen-bond acceptors (Lipinski definition) is 8. The van der Waals surface area contributed by atoms with E-state index in [0.29, 0.717) is 13.2 Å². The molecule has 13 heteroatoms. The number of rotatable bonds is 12. The van der Waals surface area contributed by atoms with Gasteiger partial charge in [0.15, 0.2) is 0 Å². The van der Waals surface area contributed by atoms with Gasteiger partial charge in [0.1, 0.15) is 0 Å². The molecule has 0 aromatic carbocycles. The summed E-state index contributed by atoms with van der Waals surface area (Å²) in [5.74, 6) is 0. The van der Waals surface area contributed by atoms with Gasteiger partial charge in [-0.1, -0.05) is 41.5 Å². The minimum absolute atomic E-state index is 0.0972. The average molecular weight is 540 g/mol. The van der Waals surface area contributed by atoms with Gasteiger partial charge in [-0.2, -0.15) is 4.31 Å². The summed E-state index contributed by atoms with van der Waals surface area (Å²) in [6.45, 7) is 17.9. The maximum atomic E-state index is 11.5. The van der Waals surface area contributed by atoms with Gasteiger partial charge in [0, 0.05) is 0 Å². The van der Waals surface area contributed by atoms with E-state index in [0.717, 1.165) is 0 Å². The quantitative estimate of drug-likeness (QED) is 0.269. The Balaban J connectivity index is 0.